The Morgan fingerprint density at radius 2 is 1.87 bits per heavy atom. The number of methoxy groups -OCH3 is 1. The molecule has 0 atom stereocenters. The Morgan fingerprint density at radius 1 is 1.20 bits per heavy atom. The van der Waals surface area contributed by atoms with Crippen LogP contribution < -0.4 is 9.46 Å². The zero-order valence-electron chi connectivity index (χ0n) is 16.4. The van der Waals surface area contributed by atoms with Gasteiger partial charge in [0.05, 0.1) is 18.4 Å². The van der Waals surface area contributed by atoms with Crippen LogP contribution in [-0.4, -0.2) is 31.6 Å². The highest BCUT2D eigenvalue weighted by Gasteiger charge is 2.21. The summed E-state index contributed by atoms with van der Waals surface area (Å²) in [5, 5.41) is 11.0. The van der Waals surface area contributed by atoms with E-state index in [0.29, 0.717) is 5.01 Å². The lowest BCUT2D eigenvalue weighted by molar-refractivity contribution is 0.0696. The van der Waals surface area contributed by atoms with Crippen molar-refractivity contribution >= 4 is 38.6 Å². The SMILES string of the molecule is C=C(CC)c1ccc(-c2nc(S(=O)(=O)Nc3ccc(C(=O)O)cc3OC)cs2)cc1. The number of thiazole rings is 1. The summed E-state index contributed by atoms with van der Waals surface area (Å²) >= 11 is 1.21. The highest BCUT2D eigenvalue weighted by molar-refractivity contribution is 7.92. The molecule has 0 spiro atoms. The predicted molar refractivity (Wildman–Crippen MR) is 118 cm³/mol. The summed E-state index contributed by atoms with van der Waals surface area (Å²) in [7, 11) is -2.65. The van der Waals surface area contributed by atoms with Crippen LogP contribution in [-0.2, 0) is 10.0 Å². The molecule has 0 amide bonds. The normalized spacial score (nSPS) is 11.1. The highest BCUT2D eigenvalue weighted by atomic mass is 32.2. The first-order valence-electron chi connectivity index (χ1n) is 8.93. The molecule has 0 aliphatic rings. The van der Waals surface area contributed by atoms with Crippen molar-refractivity contribution in [3.8, 4) is 16.3 Å². The molecule has 0 saturated carbocycles. The van der Waals surface area contributed by atoms with Gasteiger partial charge in [0.15, 0.2) is 5.03 Å². The van der Waals surface area contributed by atoms with Crippen LogP contribution in [0.15, 0.2) is 59.4 Å². The maximum absolute atomic E-state index is 12.8. The van der Waals surface area contributed by atoms with Crippen LogP contribution in [0, 0.1) is 0 Å². The number of carboxylic acid groups (broad SMARTS) is 1. The fraction of sp³-hybridized carbons (Fsp3) is 0.143. The van der Waals surface area contributed by atoms with Gasteiger partial charge in [-0.3, -0.25) is 4.72 Å². The van der Waals surface area contributed by atoms with Gasteiger partial charge in [-0.15, -0.1) is 11.3 Å². The minimum Gasteiger partial charge on any atom is -0.495 e. The van der Waals surface area contributed by atoms with E-state index in [9.17, 15) is 13.2 Å². The fourth-order valence-corrected chi connectivity index (χ4v) is 4.84. The van der Waals surface area contributed by atoms with Gasteiger partial charge in [-0.2, -0.15) is 8.42 Å². The van der Waals surface area contributed by atoms with E-state index in [4.69, 9.17) is 9.84 Å². The first-order valence-corrected chi connectivity index (χ1v) is 11.3. The van der Waals surface area contributed by atoms with E-state index in [1.54, 1.807) is 0 Å². The topological polar surface area (TPSA) is 106 Å². The van der Waals surface area contributed by atoms with E-state index < -0.39 is 16.0 Å². The van der Waals surface area contributed by atoms with Gasteiger partial charge in [0.2, 0.25) is 0 Å². The van der Waals surface area contributed by atoms with Crippen LogP contribution >= 0.6 is 11.3 Å². The summed E-state index contributed by atoms with van der Waals surface area (Å²) in [5.41, 5.74) is 2.97. The van der Waals surface area contributed by atoms with Crippen LogP contribution in [0.2, 0.25) is 0 Å². The van der Waals surface area contributed by atoms with Crippen LogP contribution in [0.25, 0.3) is 16.1 Å². The Kier molecular flexibility index (Phi) is 6.23. The molecule has 0 aliphatic heterocycles. The van der Waals surface area contributed by atoms with Crippen molar-refractivity contribution in [2.24, 2.45) is 0 Å². The molecule has 3 aromatic rings. The van der Waals surface area contributed by atoms with E-state index >= 15 is 0 Å². The first-order chi connectivity index (χ1) is 14.2. The molecule has 2 aromatic carbocycles. The molecule has 0 fully saturated rings. The maximum Gasteiger partial charge on any atom is 0.335 e. The number of hydrogen-bond donors (Lipinski definition) is 2. The molecule has 0 unspecified atom stereocenters. The summed E-state index contributed by atoms with van der Waals surface area (Å²) in [6, 6.07) is 11.5. The molecule has 0 aliphatic carbocycles. The van der Waals surface area contributed by atoms with Gasteiger partial charge in [-0.05, 0) is 35.8 Å². The molecule has 0 saturated heterocycles. The number of carboxylic acids is 1. The fourth-order valence-electron chi connectivity index (χ4n) is 2.67. The van der Waals surface area contributed by atoms with Gasteiger partial charge in [0.1, 0.15) is 10.8 Å². The number of anilines is 1. The lowest BCUT2D eigenvalue weighted by Crippen LogP contribution is -2.14. The molecule has 3 rings (SSSR count). The third kappa shape index (κ3) is 4.52. The van der Waals surface area contributed by atoms with Crippen LogP contribution in [0.5, 0.6) is 5.75 Å². The second kappa shape index (κ2) is 8.68. The second-order valence-electron chi connectivity index (χ2n) is 6.35. The number of sulfonamides is 1. The smallest absolute Gasteiger partial charge is 0.335 e. The zero-order chi connectivity index (χ0) is 21.9. The van der Waals surface area contributed by atoms with E-state index in [0.717, 1.165) is 23.1 Å². The molecule has 1 aromatic heterocycles. The van der Waals surface area contributed by atoms with Crippen molar-refractivity contribution in [1.29, 1.82) is 0 Å². The lowest BCUT2D eigenvalue weighted by Gasteiger charge is -2.11. The first kappa shape index (κ1) is 21.5. The largest absolute Gasteiger partial charge is 0.495 e. The highest BCUT2D eigenvalue weighted by Crippen LogP contribution is 2.31. The minimum absolute atomic E-state index is 0.0139. The number of nitrogens with one attached hydrogen (secondary N) is 1. The van der Waals surface area contributed by atoms with Crippen LogP contribution in [0.4, 0.5) is 5.69 Å². The average molecular weight is 445 g/mol. The van der Waals surface area contributed by atoms with Crippen molar-refractivity contribution in [1.82, 2.24) is 4.98 Å². The molecular formula is C21H20N2O5S2. The van der Waals surface area contributed by atoms with Gasteiger partial charge >= 0.3 is 5.97 Å². The van der Waals surface area contributed by atoms with Crippen LogP contribution in [0.3, 0.4) is 0 Å². The molecule has 0 bridgehead atoms. The zero-order valence-corrected chi connectivity index (χ0v) is 18.0. The Balaban J connectivity index is 1.86. The molecular weight excluding hydrogens is 424 g/mol. The maximum atomic E-state index is 12.8. The Labute approximate surface area is 178 Å². The Bertz CT molecular complexity index is 1200. The number of benzene rings is 2. The van der Waals surface area contributed by atoms with Gasteiger partial charge in [-0.1, -0.05) is 37.8 Å². The van der Waals surface area contributed by atoms with Gasteiger partial charge in [0, 0.05) is 10.9 Å². The molecule has 2 N–H and O–H groups in total. The van der Waals surface area contributed by atoms with E-state index in [-0.39, 0.29) is 22.0 Å². The van der Waals surface area contributed by atoms with Crippen molar-refractivity contribution in [3.63, 3.8) is 0 Å². The quantitative estimate of drug-likeness (QED) is 0.520. The number of nitrogens with zero attached hydrogens (tertiary/aromatic N) is 1. The number of carbonyl (C=O) groups is 1. The molecule has 9 heteroatoms. The summed E-state index contributed by atoms with van der Waals surface area (Å²) in [6.07, 6.45) is 0.849. The summed E-state index contributed by atoms with van der Waals surface area (Å²) in [6.45, 7) is 6.04. The number of ether oxygens (including phenoxy) is 1. The second-order valence-corrected chi connectivity index (χ2v) is 8.84. The van der Waals surface area contributed by atoms with Crippen molar-refractivity contribution < 1.29 is 23.1 Å². The number of aromatic nitrogens is 1. The van der Waals surface area contributed by atoms with Crippen molar-refractivity contribution in [2.45, 2.75) is 18.4 Å². The number of rotatable bonds is 8. The summed E-state index contributed by atoms with van der Waals surface area (Å²) in [5.74, 6) is -1.04. The third-order valence-corrected chi connectivity index (χ3v) is 6.71. The summed E-state index contributed by atoms with van der Waals surface area (Å²) < 4.78 is 33.1. The van der Waals surface area contributed by atoms with Gasteiger partial charge in [0.25, 0.3) is 10.0 Å². The van der Waals surface area contributed by atoms with Crippen molar-refractivity contribution in [3.05, 3.63) is 65.6 Å². The Morgan fingerprint density at radius 3 is 2.47 bits per heavy atom. The van der Waals surface area contributed by atoms with Crippen LogP contribution in [0.1, 0.15) is 29.3 Å². The summed E-state index contributed by atoms with van der Waals surface area (Å²) in [4.78, 5) is 15.3. The molecule has 156 valence electrons. The average Bonchev–Trinajstić information content (AvgIpc) is 3.24. The molecule has 7 nitrogen and oxygen atoms in total. The number of hydrogen-bond acceptors (Lipinski definition) is 6. The van der Waals surface area contributed by atoms with E-state index in [2.05, 4.69) is 16.3 Å². The predicted octanol–water partition coefficient (Wildman–Crippen LogP) is 4.74. The lowest BCUT2D eigenvalue weighted by atomic mass is 10.0. The minimum atomic E-state index is -3.98. The molecule has 0 radical (unpaired) electrons. The van der Waals surface area contributed by atoms with Gasteiger partial charge in [-0.25, -0.2) is 9.78 Å². The Hall–Kier alpha value is -3.17. The molecule has 1 heterocycles. The van der Waals surface area contributed by atoms with E-state index in [1.807, 2.05) is 31.2 Å². The molecule has 30 heavy (non-hydrogen) atoms. The monoisotopic (exact) mass is 444 g/mol. The third-order valence-electron chi connectivity index (χ3n) is 4.42. The van der Waals surface area contributed by atoms with Gasteiger partial charge < -0.3 is 9.84 Å². The van der Waals surface area contributed by atoms with Crippen molar-refractivity contribution in [2.75, 3.05) is 11.8 Å². The number of aromatic carboxylic acids is 1. The van der Waals surface area contributed by atoms with E-state index in [1.165, 1.54) is 42.0 Å². The standard InChI is InChI=1S/C21H20N2O5S2/c1-4-13(2)14-5-7-15(8-6-14)20-22-19(12-29-20)30(26,27)23-17-10-9-16(21(24)25)11-18(17)28-3/h5-12,23H,2,4H2,1,3H3,(H,24,25). The number of allylic oxidation sites excluding steroid dienone is 1.